The van der Waals surface area contributed by atoms with E-state index in [2.05, 4.69) is 26.9 Å². The van der Waals surface area contributed by atoms with E-state index in [9.17, 15) is 14.4 Å². The van der Waals surface area contributed by atoms with Crippen molar-refractivity contribution in [2.75, 3.05) is 52.9 Å². The van der Waals surface area contributed by atoms with Crippen LogP contribution >= 0.6 is 11.6 Å². The van der Waals surface area contributed by atoms with Crippen molar-refractivity contribution in [1.82, 2.24) is 24.3 Å². The Morgan fingerprint density at radius 3 is 2.27 bits per heavy atom. The number of piperazine rings is 1. The zero-order chi connectivity index (χ0) is 31.4. The first-order valence-electron chi connectivity index (χ1n) is 16.3. The number of piperidine rings is 1. The molecule has 45 heavy (non-hydrogen) atoms. The fourth-order valence-corrected chi connectivity index (χ4v) is 7.62. The summed E-state index contributed by atoms with van der Waals surface area (Å²) in [6, 6.07) is 14.7. The SMILES string of the molecule is COc1ccc(CN2CCN(CCC3CCC4(CC3)CCN(C(=O)c3ccc(Cl)c(-n5ccc(=O)[nH]c5=O)c3)CC4)CC2)cc1. The number of H-pyrrole nitrogens is 1. The molecule has 240 valence electrons. The van der Waals surface area contributed by atoms with E-state index in [-0.39, 0.29) is 5.91 Å². The topological polar surface area (TPSA) is 90.9 Å². The predicted molar refractivity (Wildman–Crippen MR) is 177 cm³/mol. The second-order valence-corrected chi connectivity index (χ2v) is 13.5. The quantitative estimate of drug-likeness (QED) is 0.383. The molecule has 9 nitrogen and oxygen atoms in total. The molecule has 3 fully saturated rings. The number of methoxy groups -OCH3 is 1. The van der Waals surface area contributed by atoms with Gasteiger partial charge in [-0.2, -0.15) is 0 Å². The normalized spacial score (nSPS) is 19.6. The van der Waals surface area contributed by atoms with Gasteiger partial charge in [0.25, 0.3) is 11.5 Å². The second-order valence-electron chi connectivity index (χ2n) is 13.1. The molecule has 1 amide bonds. The molecule has 3 heterocycles. The van der Waals surface area contributed by atoms with E-state index < -0.39 is 11.2 Å². The first-order valence-corrected chi connectivity index (χ1v) is 16.7. The molecule has 2 saturated heterocycles. The smallest absolute Gasteiger partial charge is 0.332 e. The third-order valence-electron chi connectivity index (χ3n) is 10.4. The number of nitrogens with zero attached hydrogens (tertiary/aromatic N) is 4. The number of aromatic amines is 1. The van der Waals surface area contributed by atoms with Gasteiger partial charge in [-0.25, -0.2) is 4.79 Å². The summed E-state index contributed by atoms with van der Waals surface area (Å²) in [5.74, 6) is 1.67. The number of rotatable bonds is 8. The summed E-state index contributed by atoms with van der Waals surface area (Å²) < 4.78 is 6.54. The lowest BCUT2D eigenvalue weighted by molar-refractivity contribution is 0.0375. The highest BCUT2D eigenvalue weighted by Gasteiger charge is 2.39. The molecule has 0 radical (unpaired) electrons. The zero-order valence-electron chi connectivity index (χ0n) is 26.2. The summed E-state index contributed by atoms with van der Waals surface area (Å²) >= 11 is 6.37. The highest BCUT2D eigenvalue weighted by Crippen LogP contribution is 2.47. The average Bonchev–Trinajstić information content (AvgIpc) is 3.06. The van der Waals surface area contributed by atoms with Crippen LogP contribution in [0.15, 0.2) is 64.3 Å². The van der Waals surface area contributed by atoms with E-state index in [1.807, 2.05) is 17.0 Å². The maximum Gasteiger partial charge on any atom is 0.332 e. The minimum Gasteiger partial charge on any atom is -0.497 e. The molecule has 6 rings (SSSR count). The van der Waals surface area contributed by atoms with Crippen molar-refractivity contribution in [1.29, 1.82) is 0 Å². The molecular weight excluding hydrogens is 590 g/mol. The highest BCUT2D eigenvalue weighted by atomic mass is 35.5. The van der Waals surface area contributed by atoms with Crippen LogP contribution in [0.4, 0.5) is 0 Å². The number of halogens is 1. The molecule has 1 aromatic heterocycles. The van der Waals surface area contributed by atoms with Gasteiger partial charge in [-0.05, 0) is 98.7 Å². The minimum absolute atomic E-state index is 0.0435. The fourth-order valence-electron chi connectivity index (χ4n) is 7.41. The highest BCUT2D eigenvalue weighted by molar-refractivity contribution is 6.32. The number of nitrogens with one attached hydrogen (secondary N) is 1. The molecule has 0 unspecified atom stereocenters. The van der Waals surface area contributed by atoms with Crippen LogP contribution in [0, 0.1) is 11.3 Å². The molecule has 10 heteroatoms. The summed E-state index contributed by atoms with van der Waals surface area (Å²) in [7, 11) is 1.71. The molecular formula is C35H44ClN5O4. The lowest BCUT2D eigenvalue weighted by atomic mass is 9.65. The van der Waals surface area contributed by atoms with Gasteiger partial charge in [0.15, 0.2) is 0 Å². The van der Waals surface area contributed by atoms with E-state index >= 15 is 0 Å². The summed E-state index contributed by atoms with van der Waals surface area (Å²) in [5, 5.41) is 0.335. The predicted octanol–water partition coefficient (Wildman–Crippen LogP) is 4.81. The lowest BCUT2D eigenvalue weighted by Gasteiger charge is -2.46. The number of hydrogen-bond donors (Lipinski definition) is 1. The molecule has 1 N–H and O–H groups in total. The van der Waals surface area contributed by atoms with Gasteiger partial charge in [0.05, 0.1) is 17.8 Å². The van der Waals surface area contributed by atoms with Crippen LogP contribution in [0.1, 0.15) is 60.9 Å². The Labute approximate surface area is 269 Å². The Morgan fingerprint density at radius 1 is 0.911 bits per heavy atom. The molecule has 2 aliphatic heterocycles. The van der Waals surface area contributed by atoms with Crippen molar-refractivity contribution in [2.24, 2.45) is 11.3 Å². The van der Waals surface area contributed by atoms with Crippen LogP contribution < -0.4 is 16.0 Å². The number of ether oxygens (including phenoxy) is 1. The van der Waals surface area contributed by atoms with Crippen molar-refractivity contribution < 1.29 is 9.53 Å². The van der Waals surface area contributed by atoms with Crippen LogP contribution in [0.25, 0.3) is 5.69 Å². The van der Waals surface area contributed by atoms with Crippen LogP contribution in [-0.4, -0.2) is 83.1 Å². The summed E-state index contributed by atoms with van der Waals surface area (Å²) in [5.41, 5.74) is 1.50. The van der Waals surface area contributed by atoms with E-state index in [0.717, 1.165) is 70.3 Å². The van der Waals surface area contributed by atoms with Gasteiger partial charge in [-0.1, -0.05) is 23.7 Å². The number of aromatic nitrogens is 2. The van der Waals surface area contributed by atoms with Crippen molar-refractivity contribution >= 4 is 17.5 Å². The number of amides is 1. The number of likely N-dealkylation sites (tertiary alicyclic amines) is 1. The lowest BCUT2D eigenvalue weighted by Crippen LogP contribution is -2.46. The molecule has 2 aromatic carbocycles. The molecule has 1 aliphatic carbocycles. The summed E-state index contributed by atoms with van der Waals surface area (Å²) in [6.45, 7) is 8.24. The molecule has 1 spiro atoms. The number of benzene rings is 2. The Kier molecular flexibility index (Phi) is 9.78. The minimum atomic E-state index is -0.590. The summed E-state index contributed by atoms with van der Waals surface area (Å²) in [4.78, 5) is 46.6. The van der Waals surface area contributed by atoms with Crippen molar-refractivity contribution in [3.8, 4) is 11.4 Å². The molecule has 1 saturated carbocycles. The zero-order valence-corrected chi connectivity index (χ0v) is 26.9. The number of carbonyl (C=O) groups is 1. The van der Waals surface area contributed by atoms with Crippen LogP contribution in [0.3, 0.4) is 0 Å². The van der Waals surface area contributed by atoms with Gasteiger partial charge in [-0.3, -0.25) is 24.0 Å². The van der Waals surface area contributed by atoms with Crippen molar-refractivity contribution in [3.05, 3.63) is 91.7 Å². The molecule has 3 aliphatic rings. The maximum absolute atomic E-state index is 13.5. The van der Waals surface area contributed by atoms with Gasteiger partial charge in [0.1, 0.15) is 5.75 Å². The van der Waals surface area contributed by atoms with E-state index in [1.165, 1.54) is 61.0 Å². The van der Waals surface area contributed by atoms with Crippen molar-refractivity contribution in [2.45, 2.75) is 51.5 Å². The standard InChI is InChI=1S/C35H44ClN5O4/c1-45-29-5-2-27(3-6-29)25-39-22-20-38(21-23-39)16-10-26-8-12-35(13-9-26)14-18-40(19-15-35)33(43)28-4-7-30(36)31(24-28)41-17-11-32(42)37-34(41)44/h2-7,11,17,24,26H,8-10,12-16,18-23,25H2,1H3,(H,37,42,44). The van der Waals surface area contributed by atoms with Gasteiger partial charge in [0, 0.05) is 63.6 Å². The van der Waals surface area contributed by atoms with Crippen LogP contribution in [-0.2, 0) is 6.54 Å². The van der Waals surface area contributed by atoms with Gasteiger partial charge < -0.3 is 14.5 Å². The van der Waals surface area contributed by atoms with E-state index in [1.54, 1.807) is 25.3 Å². The van der Waals surface area contributed by atoms with Gasteiger partial charge in [0.2, 0.25) is 0 Å². The average molecular weight is 634 g/mol. The van der Waals surface area contributed by atoms with Gasteiger partial charge >= 0.3 is 5.69 Å². The Hall–Kier alpha value is -3.40. The Bertz CT molecular complexity index is 1580. The number of hydrogen-bond acceptors (Lipinski definition) is 6. The third kappa shape index (κ3) is 7.54. The number of carbonyl (C=O) groups excluding carboxylic acids is 1. The molecule has 0 bridgehead atoms. The third-order valence-corrected chi connectivity index (χ3v) is 10.8. The van der Waals surface area contributed by atoms with Crippen LogP contribution in [0.2, 0.25) is 5.02 Å². The summed E-state index contributed by atoms with van der Waals surface area (Å²) in [6.07, 6.45) is 9.85. The van der Waals surface area contributed by atoms with E-state index in [4.69, 9.17) is 16.3 Å². The van der Waals surface area contributed by atoms with Crippen molar-refractivity contribution in [3.63, 3.8) is 0 Å². The van der Waals surface area contributed by atoms with E-state index in [0.29, 0.717) is 21.7 Å². The Morgan fingerprint density at radius 2 is 1.60 bits per heavy atom. The van der Waals surface area contributed by atoms with Crippen LogP contribution in [0.5, 0.6) is 5.75 Å². The van der Waals surface area contributed by atoms with Gasteiger partial charge in [-0.15, -0.1) is 0 Å². The molecule has 0 atom stereocenters. The maximum atomic E-state index is 13.5. The fraction of sp³-hybridized carbons (Fsp3) is 0.514. The second kappa shape index (κ2) is 13.9. The monoisotopic (exact) mass is 633 g/mol. The largest absolute Gasteiger partial charge is 0.497 e. The first kappa shape index (κ1) is 31.6. The first-order chi connectivity index (χ1) is 21.8. The molecule has 3 aromatic rings. The Balaban J connectivity index is 0.934.